The van der Waals surface area contributed by atoms with Gasteiger partial charge in [0.05, 0.1) is 0 Å². The molecule has 0 spiro atoms. The topological polar surface area (TPSA) is 46.5 Å². The third kappa shape index (κ3) is 5.69. The van der Waals surface area contributed by atoms with E-state index in [9.17, 15) is 9.90 Å². The molecule has 0 radical (unpaired) electrons. The highest BCUT2D eigenvalue weighted by atomic mass is 32.2. The summed E-state index contributed by atoms with van der Waals surface area (Å²) >= 11 is 1.77. The van der Waals surface area contributed by atoms with Crippen LogP contribution in [0.2, 0.25) is 0 Å². The Morgan fingerprint density at radius 1 is 1.21 bits per heavy atom. The first-order chi connectivity index (χ1) is 11.5. The molecule has 1 atom stereocenters. The summed E-state index contributed by atoms with van der Waals surface area (Å²) in [5, 5.41) is 9.66. The minimum Gasteiger partial charge on any atom is -0.428 e. The monoisotopic (exact) mass is 344 g/mol. The van der Waals surface area contributed by atoms with E-state index in [2.05, 4.69) is 32.9 Å². The summed E-state index contributed by atoms with van der Waals surface area (Å²) in [5.41, 5.74) is 4.11. The number of ether oxygens (including phenoxy) is 1. The lowest BCUT2D eigenvalue weighted by atomic mass is 10.1. The summed E-state index contributed by atoms with van der Waals surface area (Å²) in [4.78, 5) is 12.3. The van der Waals surface area contributed by atoms with Crippen LogP contribution in [-0.4, -0.2) is 23.1 Å². The van der Waals surface area contributed by atoms with Gasteiger partial charge in [0.25, 0.3) is 0 Å². The van der Waals surface area contributed by atoms with Crippen molar-refractivity contribution in [2.24, 2.45) is 0 Å². The molecule has 1 heterocycles. The fraction of sp³-hybridized carbons (Fsp3) is 0.350. The zero-order valence-corrected chi connectivity index (χ0v) is 15.2. The predicted molar refractivity (Wildman–Crippen MR) is 99.7 cm³/mol. The third-order valence-corrected chi connectivity index (χ3v) is 4.67. The van der Waals surface area contributed by atoms with E-state index in [1.54, 1.807) is 11.8 Å². The summed E-state index contributed by atoms with van der Waals surface area (Å²) in [5.74, 6) is 0.442. The molecule has 1 N–H and O–H groups in total. The lowest BCUT2D eigenvalue weighted by Gasteiger charge is -2.08. The smallest absolute Gasteiger partial charge is 0.333 e. The quantitative estimate of drug-likeness (QED) is 0.441. The van der Waals surface area contributed by atoms with Crippen LogP contribution in [0.5, 0.6) is 0 Å². The minimum absolute atomic E-state index is 0.496. The number of carbonyl (C=O) groups is 1. The molecule has 1 aromatic rings. The molecule has 24 heavy (non-hydrogen) atoms. The molecule has 0 aromatic heterocycles. The Morgan fingerprint density at radius 2 is 1.92 bits per heavy atom. The van der Waals surface area contributed by atoms with Crippen molar-refractivity contribution in [1.82, 2.24) is 0 Å². The number of allylic oxidation sites excluding steroid dienone is 3. The number of esters is 1. The second-order valence-electron chi connectivity index (χ2n) is 6.09. The number of cyclic esters (lactones) is 1. The molecule has 2 rings (SSSR count). The molecule has 1 unspecified atom stereocenters. The number of aliphatic hydroxyl groups excluding tert-OH is 1. The van der Waals surface area contributed by atoms with Crippen molar-refractivity contribution in [1.29, 1.82) is 0 Å². The van der Waals surface area contributed by atoms with Gasteiger partial charge >= 0.3 is 5.97 Å². The van der Waals surface area contributed by atoms with E-state index in [1.165, 1.54) is 17.2 Å². The maximum absolute atomic E-state index is 11.1. The Labute approximate surface area is 148 Å². The number of hydrogen-bond donors (Lipinski definition) is 1. The SMILES string of the molecule is CC(C)=CCCC(C)=CCSc1ccc(C2=CC(=O)OC2O)cc1. The summed E-state index contributed by atoms with van der Waals surface area (Å²) in [6, 6.07) is 7.82. The molecule has 128 valence electrons. The van der Waals surface area contributed by atoms with Crippen molar-refractivity contribution in [3.63, 3.8) is 0 Å². The van der Waals surface area contributed by atoms with Crippen LogP contribution in [0.15, 0.2) is 58.5 Å². The van der Waals surface area contributed by atoms with E-state index in [0.717, 1.165) is 29.1 Å². The molecular weight excluding hydrogens is 320 g/mol. The summed E-state index contributed by atoms with van der Waals surface area (Å²) < 4.78 is 4.70. The van der Waals surface area contributed by atoms with Gasteiger partial charge in [-0.25, -0.2) is 4.79 Å². The number of aliphatic hydroxyl groups is 1. The molecule has 0 aliphatic carbocycles. The fourth-order valence-electron chi connectivity index (χ4n) is 2.35. The normalized spacial score (nSPS) is 17.5. The van der Waals surface area contributed by atoms with E-state index in [0.29, 0.717) is 5.57 Å². The summed E-state index contributed by atoms with van der Waals surface area (Å²) in [7, 11) is 0. The van der Waals surface area contributed by atoms with Crippen LogP contribution < -0.4 is 0 Å². The van der Waals surface area contributed by atoms with Crippen LogP contribution in [0.1, 0.15) is 39.2 Å². The highest BCUT2D eigenvalue weighted by Gasteiger charge is 2.24. The van der Waals surface area contributed by atoms with Crippen LogP contribution >= 0.6 is 11.8 Å². The van der Waals surface area contributed by atoms with Gasteiger partial charge in [0.1, 0.15) is 0 Å². The number of benzene rings is 1. The summed E-state index contributed by atoms with van der Waals surface area (Å²) in [6.07, 6.45) is 6.93. The van der Waals surface area contributed by atoms with Crippen LogP contribution in [-0.2, 0) is 9.53 Å². The fourth-order valence-corrected chi connectivity index (χ4v) is 3.23. The first-order valence-electron chi connectivity index (χ1n) is 8.08. The Balaban J connectivity index is 1.85. The first-order valence-corrected chi connectivity index (χ1v) is 9.07. The molecule has 0 bridgehead atoms. The van der Waals surface area contributed by atoms with Gasteiger partial charge in [-0.2, -0.15) is 0 Å². The van der Waals surface area contributed by atoms with Crippen molar-refractivity contribution < 1.29 is 14.6 Å². The molecule has 1 aliphatic heterocycles. The highest BCUT2D eigenvalue weighted by Crippen LogP contribution is 2.27. The Kier molecular flexibility index (Phi) is 6.88. The van der Waals surface area contributed by atoms with E-state index >= 15 is 0 Å². The zero-order chi connectivity index (χ0) is 17.5. The number of rotatable bonds is 7. The minimum atomic E-state index is -1.15. The molecule has 4 heteroatoms. The van der Waals surface area contributed by atoms with Crippen LogP contribution in [0.3, 0.4) is 0 Å². The average molecular weight is 344 g/mol. The van der Waals surface area contributed by atoms with Crippen molar-refractivity contribution in [2.45, 2.75) is 44.8 Å². The predicted octanol–water partition coefficient (Wildman–Crippen LogP) is 4.73. The molecule has 1 aromatic carbocycles. The molecule has 0 amide bonds. The molecule has 0 saturated carbocycles. The number of thioether (sulfide) groups is 1. The standard InChI is InChI=1S/C20H24O3S/c1-14(2)5-4-6-15(3)11-12-24-17-9-7-16(8-10-17)18-13-19(21)23-20(18)22/h5,7-11,13,20,22H,4,6,12H2,1-3H3. The maximum Gasteiger partial charge on any atom is 0.333 e. The average Bonchev–Trinajstić information content (AvgIpc) is 2.86. The molecule has 1 aliphatic rings. The van der Waals surface area contributed by atoms with Crippen molar-refractivity contribution in [3.8, 4) is 0 Å². The molecule has 0 fully saturated rings. The van der Waals surface area contributed by atoms with Gasteiger partial charge in [-0.1, -0.05) is 35.4 Å². The highest BCUT2D eigenvalue weighted by molar-refractivity contribution is 7.99. The molecule has 3 nitrogen and oxygen atoms in total. The maximum atomic E-state index is 11.1. The van der Waals surface area contributed by atoms with Gasteiger partial charge in [-0.3, -0.25) is 0 Å². The van der Waals surface area contributed by atoms with Gasteiger partial charge in [0.2, 0.25) is 6.29 Å². The first kappa shape index (κ1) is 18.6. The Bertz CT molecular complexity index is 665. The van der Waals surface area contributed by atoms with E-state index in [4.69, 9.17) is 4.74 Å². The molecule has 0 saturated heterocycles. The van der Waals surface area contributed by atoms with Crippen molar-refractivity contribution in [3.05, 3.63) is 59.2 Å². The summed E-state index contributed by atoms with van der Waals surface area (Å²) in [6.45, 7) is 6.43. The van der Waals surface area contributed by atoms with Crippen molar-refractivity contribution >= 4 is 23.3 Å². The zero-order valence-electron chi connectivity index (χ0n) is 14.4. The largest absolute Gasteiger partial charge is 0.428 e. The second-order valence-corrected chi connectivity index (χ2v) is 7.19. The lowest BCUT2D eigenvalue weighted by Crippen LogP contribution is -2.09. The number of hydrogen-bond acceptors (Lipinski definition) is 4. The van der Waals surface area contributed by atoms with E-state index in [1.807, 2.05) is 24.3 Å². The van der Waals surface area contributed by atoms with Gasteiger partial charge in [-0.05, 0) is 51.3 Å². The van der Waals surface area contributed by atoms with Gasteiger partial charge in [-0.15, -0.1) is 11.8 Å². The van der Waals surface area contributed by atoms with Gasteiger partial charge < -0.3 is 9.84 Å². The van der Waals surface area contributed by atoms with Crippen LogP contribution in [0.4, 0.5) is 0 Å². The third-order valence-electron chi connectivity index (χ3n) is 3.73. The Morgan fingerprint density at radius 3 is 2.50 bits per heavy atom. The number of carbonyl (C=O) groups excluding carboxylic acids is 1. The van der Waals surface area contributed by atoms with E-state index in [-0.39, 0.29) is 0 Å². The van der Waals surface area contributed by atoms with Gasteiger partial charge in [0.15, 0.2) is 0 Å². The van der Waals surface area contributed by atoms with E-state index < -0.39 is 12.3 Å². The lowest BCUT2D eigenvalue weighted by molar-refractivity contribution is -0.149. The second kappa shape index (κ2) is 8.90. The van der Waals surface area contributed by atoms with Crippen LogP contribution in [0, 0.1) is 0 Å². The van der Waals surface area contributed by atoms with Crippen molar-refractivity contribution in [2.75, 3.05) is 5.75 Å². The van der Waals surface area contributed by atoms with Gasteiger partial charge in [0, 0.05) is 22.3 Å². The Hall–Kier alpha value is -1.78. The molecular formula is C20H24O3S. The van der Waals surface area contributed by atoms with Crippen LogP contribution in [0.25, 0.3) is 5.57 Å².